The van der Waals surface area contributed by atoms with Gasteiger partial charge >= 0.3 is 6.03 Å². The zero-order chi connectivity index (χ0) is 19.5. The number of nitrogen functional groups attached to an aromatic ring is 1. The molecule has 2 aliphatic rings. The second-order valence-electron chi connectivity index (χ2n) is 7.71. The van der Waals surface area contributed by atoms with Crippen LogP contribution in [0.5, 0.6) is 0 Å². The Kier molecular flexibility index (Phi) is 5.66. The number of nitrogens with two attached hydrogens (primary N) is 1. The van der Waals surface area contributed by atoms with Crippen molar-refractivity contribution in [3.8, 4) is 0 Å². The van der Waals surface area contributed by atoms with Gasteiger partial charge in [-0.3, -0.25) is 4.68 Å². The average molecular weight is 387 g/mol. The van der Waals surface area contributed by atoms with Crippen molar-refractivity contribution < 1.29 is 9.53 Å². The van der Waals surface area contributed by atoms with E-state index >= 15 is 0 Å². The van der Waals surface area contributed by atoms with Gasteiger partial charge in [0.25, 0.3) is 0 Å². The van der Waals surface area contributed by atoms with Crippen LogP contribution in [0.15, 0.2) is 0 Å². The highest BCUT2D eigenvalue weighted by molar-refractivity contribution is 5.93. The normalized spacial score (nSPS) is 17.0. The van der Waals surface area contributed by atoms with E-state index in [9.17, 15) is 4.79 Å². The van der Waals surface area contributed by atoms with E-state index in [-0.39, 0.29) is 6.03 Å². The molecule has 8 nitrogen and oxygen atoms in total. The topological polar surface area (TPSA) is 98.3 Å². The third-order valence-corrected chi connectivity index (χ3v) is 5.82. The fraction of sp³-hybridized carbons (Fsp3) is 0.650. The molecule has 2 aromatic rings. The molecule has 4 rings (SSSR count). The molecule has 0 bridgehead atoms. The molecule has 1 aliphatic carbocycles. The van der Waals surface area contributed by atoms with Crippen LogP contribution in [-0.4, -0.2) is 58.5 Å². The second kappa shape index (κ2) is 8.34. The van der Waals surface area contributed by atoms with E-state index in [0.717, 1.165) is 43.3 Å². The number of nitrogens with one attached hydrogen (secondary N) is 1. The Morgan fingerprint density at radius 1 is 1.21 bits per heavy atom. The van der Waals surface area contributed by atoms with Gasteiger partial charge in [0.05, 0.1) is 13.2 Å². The molecule has 1 aliphatic heterocycles. The lowest BCUT2D eigenvalue weighted by Crippen LogP contribution is -2.46. The number of aromatic nitrogens is 3. The molecule has 0 atom stereocenters. The highest BCUT2D eigenvalue weighted by Crippen LogP contribution is 2.33. The molecule has 3 N–H and O–H groups in total. The molecule has 0 aromatic carbocycles. The molecule has 0 radical (unpaired) electrons. The monoisotopic (exact) mass is 386 g/mol. The predicted molar refractivity (Wildman–Crippen MR) is 108 cm³/mol. The number of unbranched alkanes of at least 4 members (excludes halogenated alkanes) is 1. The summed E-state index contributed by atoms with van der Waals surface area (Å²) in [5.41, 5.74) is 10.8. The first-order chi connectivity index (χ1) is 13.6. The van der Waals surface area contributed by atoms with Crippen LogP contribution in [-0.2, 0) is 31.0 Å². The van der Waals surface area contributed by atoms with Crippen molar-refractivity contribution >= 4 is 22.8 Å². The van der Waals surface area contributed by atoms with E-state index in [0.29, 0.717) is 38.7 Å². The fourth-order valence-corrected chi connectivity index (χ4v) is 4.31. The van der Waals surface area contributed by atoms with Crippen molar-refractivity contribution in [3.63, 3.8) is 0 Å². The Morgan fingerprint density at radius 2 is 2.00 bits per heavy atom. The minimum Gasteiger partial charge on any atom is -0.382 e. The number of aryl methyl sites for hydroxylation is 4. The average Bonchev–Trinajstić information content (AvgIpc) is 3.05. The van der Waals surface area contributed by atoms with Crippen molar-refractivity contribution in [2.24, 2.45) is 7.05 Å². The Hall–Kier alpha value is -2.35. The highest BCUT2D eigenvalue weighted by Gasteiger charge is 2.22. The first-order valence-corrected chi connectivity index (χ1v) is 10.4. The van der Waals surface area contributed by atoms with Crippen LogP contribution in [0.4, 0.5) is 10.6 Å². The van der Waals surface area contributed by atoms with Crippen molar-refractivity contribution in [1.82, 2.24) is 25.0 Å². The Labute approximate surface area is 165 Å². The Bertz CT molecular complexity index is 856. The van der Waals surface area contributed by atoms with Crippen molar-refractivity contribution in [3.05, 3.63) is 17.0 Å². The van der Waals surface area contributed by atoms with Crippen LogP contribution < -0.4 is 11.1 Å². The molecule has 0 saturated carbocycles. The van der Waals surface area contributed by atoms with E-state index < -0.39 is 0 Å². The first-order valence-electron chi connectivity index (χ1n) is 10.4. The van der Waals surface area contributed by atoms with Gasteiger partial charge in [0.15, 0.2) is 5.82 Å². The lowest BCUT2D eigenvalue weighted by atomic mass is 9.92. The summed E-state index contributed by atoms with van der Waals surface area (Å²) in [6, 6.07) is 0.0159. The number of anilines is 1. The minimum atomic E-state index is 0.0159. The largest absolute Gasteiger partial charge is 0.382 e. The minimum absolute atomic E-state index is 0.0159. The molecular weight excluding hydrogens is 356 g/mol. The first kappa shape index (κ1) is 19.0. The SMILES string of the molecule is Cn1nc2c(N)nc3c(c2c1CCCCNC(=O)N1CCOCC1)CCCC3. The summed E-state index contributed by atoms with van der Waals surface area (Å²) in [7, 11) is 1.99. The number of rotatable bonds is 5. The third-order valence-electron chi connectivity index (χ3n) is 5.82. The maximum Gasteiger partial charge on any atom is 0.317 e. The number of urea groups is 1. The quantitative estimate of drug-likeness (QED) is 0.764. The summed E-state index contributed by atoms with van der Waals surface area (Å²) in [6.07, 6.45) is 7.32. The summed E-state index contributed by atoms with van der Waals surface area (Å²) < 4.78 is 7.25. The highest BCUT2D eigenvalue weighted by atomic mass is 16.5. The van der Waals surface area contributed by atoms with Crippen LogP contribution in [0.1, 0.15) is 42.6 Å². The molecular formula is C20H30N6O2. The van der Waals surface area contributed by atoms with Gasteiger partial charge in [-0.15, -0.1) is 0 Å². The van der Waals surface area contributed by atoms with Crippen molar-refractivity contribution in [1.29, 1.82) is 0 Å². The van der Waals surface area contributed by atoms with Gasteiger partial charge in [0, 0.05) is 43.5 Å². The molecule has 1 fully saturated rings. The zero-order valence-corrected chi connectivity index (χ0v) is 16.7. The van der Waals surface area contributed by atoms with Crippen LogP contribution in [0.2, 0.25) is 0 Å². The number of pyridine rings is 1. The van der Waals surface area contributed by atoms with E-state index in [1.54, 1.807) is 0 Å². The van der Waals surface area contributed by atoms with Gasteiger partial charge in [-0.2, -0.15) is 5.10 Å². The molecule has 152 valence electrons. The molecule has 3 heterocycles. The summed E-state index contributed by atoms with van der Waals surface area (Å²) in [5, 5.41) is 8.90. The van der Waals surface area contributed by atoms with Crippen LogP contribution in [0, 0.1) is 0 Å². The van der Waals surface area contributed by atoms with Gasteiger partial charge in [0.1, 0.15) is 5.52 Å². The number of fused-ring (bicyclic) bond motifs is 3. The van der Waals surface area contributed by atoms with E-state index in [1.807, 2.05) is 16.6 Å². The van der Waals surface area contributed by atoms with E-state index in [1.165, 1.54) is 29.5 Å². The van der Waals surface area contributed by atoms with E-state index in [4.69, 9.17) is 10.5 Å². The van der Waals surface area contributed by atoms with E-state index in [2.05, 4.69) is 15.4 Å². The number of carbonyl (C=O) groups excluding carboxylic acids is 1. The van der Waals surface area contributed by atoms with Crippen LogP contribution in [0.25, 0.3) is 10.9 Å². The molecule has 0 spiro atoms. The number of carbonyl (C=O) groups is 1. The number of ether oxygens (including phenoxy) is 1. The smallest absolute Gasteiger partial charge is 0.317 e. The zero-order valence-electron chi connectivity index (χ0n) is 16.7. The summed E-state index contributed by atoms with van der Waals surface area (Å²) in [5.74, 6) is 0.551. The molecule has 1 saturated heterocycles. The predicted octanol–water partition coefficient (Wildman–Crippen LogP) is 1.79. The number of hydrogen-bond donors (Lipinski definition) is 2. The van der Waals surface area contributed by atoms with Crippen molar-refractivity contribution in [2.75, 3.05) is 38.6 Å². The van der Waals surface area contributed by atoms with Gasteiger partial charge < -0.3 is 20.7 Å². The maximum absolute atomic E-state index is 12.1. The molecule has 2 amide bonds. The van der Waals surface area contributed by atoms with Gasteiger partial charge in [-0.25, -0.2) is 9.78 Å². The summed E-state index contributed by atoms with van der Waals surface area (Å²) >= 11 is 0. The Morgan fingerprint density at radius 3 is 2.82 bits per heavy atom. The Balaban J connectivity index is 1.38. The standard InChI is InChI=1S/C20H30N6O2/c1-25-16(8-4-5-9-22-20(27)26-10-12-28-13-11-26)17-14-6-2-3-7-15(14)23-19(21)18(17)24-25/h2-13H2,1H3,(H2,21,23)(H,22,27). The summed E-state index contributed by atoms with van der Waals surface area (Å²) in [6.45, 7) is 3.29. The number of morpholine rings is 1. The van der Waals surface area contributed by atoms with Gasteiger partial charge in [0.2, 0.25) is 0 Å². The number of nitrogens with zero attached hydrogens (tertiary/aromatic N) is 4. The number of hydrogen-bond acceptors (Lipinski definition) is 5. The fourth-order valence-electron chi connectivity index (χ4n) is 4.31. The lowest BCUT2D eigenvalue weighted by Gasteiger charge is -2.26. The van der Waals surface area contributed by atoms with Crippen molar-refractivity contribution in [2.45, 2.75) is 44.9 Å². The second-order valence-corrected chi connectivity index (χ2v) is 7.71. The molecule has 8 heteroatoms. The number of amides is 2. The summed E-state index contributed by atoms with van der Waals surface area (Å²) in [4.78, 5) is 18.6. The van der Waals surface area contributed by atoms with Crippen LogP contribution >= 0.6 is 0 Å². The van der Waals surface area contributed by atoms with Gasteiger partial charge in [-0.1, -0.05) is 0 Å². The molecule has 2 aromatic heterocycles. The third kappa shape index (κ3) is 3.78. The molecule has 28 heavy (non-hydrogen) atoms. The lowest BCUT2D eigenvalue weighted by molar-refractivity contribution is 0.0532. The maximum atomic E-state index is 12.1. The van der Waals surface area contributed by atoms with Crippen LogP contribution in [0.3, 0.4) is 0 Å². The van der Waals surface area contributed by atoms with Gasteiger partial charge in [-0.05, 0) is 50.5 Å². The molecule has 0 unspecified atom stereocenters.